The fraction of sp³-hybridized carbons (Fsp3) is 1.00. The molecule has 0 saturated carbocycles. The molecule has 3 nitrogen and oxygen atoms in total. The molecule has 23 heavy (non-hydrogen) atoms. The minimum atomic E-state index is -7.81. The lowest BCUT2D eigenvalue weighted by Crippen LogP contribution is -2.69. The van der Waals surface area contributed by atoms with Gasteiger partial charge in [-0.15, -0.1) is 0 Å². The van der Waals surface area contributed by atoms with Gasteiger partial charge >= 0.3 is 36.0 Å². The third kappa shape index (κ3) is 3.46. The molecule has 0 aliphatic carbocycles. The molecule has 0 radical (unpaired) electrons. The summed E-state index contributed by atoms with van der Waals surface area (Å²) in [7, 11) is -6.17. The first-order valence-corrected chi connectivity index (χ1v) is 6.38. The van der Waals surface area contributed by atoms with Crippen molar-refractivity contribution in [3.05, 3.63) is 0 Å². The Kier molecular flexibility index (Phi) is 5.34. The normalized spacial score (nSPS) is 16.1. The van der Waals surface area contributed by atoms with Crippen molar-refractivity contribution in [3.8, 4) is 0 Å². The third-order valence-electron chi connectivity index (χ3n) is 2.30. The van der Waals surface area contributed by atoms with Crippen LogP contribution in [0.5, 0.6) is 0 Å². The van der Waals surface area contributed by atoms with Crippen molar-refractivity contribution in [1.82, 2.24) is 0 Å². The van der Waals surface area contributed by atoms with Gasteiger partial charge in [0.15, 0.2) is 0 Å². The predicted molar refractivity (Wildman–Crippen MR) is 47.2 cm³/mol. The van der Waals surface area contributed by atoms with E-state index >= 15 is 0 Å². The van der Waals surface area contributed by atoms with E-state index in [1.165, 1.54) is 0 Å². The Hall–Kier alpha value is -0.930. The van der Waals surface area contributed by atoms with Gasteiger partial charge in [-0.25, -0.2) is 8.78 Å². The number of halogens is 12. The topological polar surface area (TPSA) is 54.4 Å². The SMILES string of the molecule is O=S(=O)(O)CC(F)(F)C(F)(F)C(F)(F)C(F)(F)C(F)(F)C(F)F. The lowest BCUT2D eigenvalue weighted by Gasteiger charge is -2.38. The molecule has 0 aromatic rings. The molecule has 0 unspecified atom stereocenters. The van der Waals surface area contributed by atoms with Crippen molar-refractivity contribution in [1.29, 1.82) is 0 Å². The Bertz CT molecular complexity index is 539. The van der Waals surface area contributed by atoms with Crippen LogP contribution in [0.2, 0.25) is 0 Å². The Labute approximate surface area is 119 Å². The minimum Gasteiger partial charge on any atom is -0.285 e. The van der Waals surface area contributed by atoms with E-state index in [-0.39, 0.29) is 0 Å². The van der Waals surface area contributed by atoms with Crippen LogP contribution in [0, 0.1) is 0 Å². The van der Waals surface area contributed by atoms with Gasteiger partial charge < -0.3 is 0 Å². The molecule has 0 aromatic heterocycles. The molecule has 0 bridgehead atoms. The number of alkyl halides is 12. The number of hydrogen-bond donors (Lipinski definition) is 1. The fourth-order valence-corrected chi connectivity index (χ4v) is 1.73. The van der Waals surface area contributed by atoms with Crippen LogP contribution in [-0.2, 0) is 10.1 Å². The van der Waals surface area contributed by atoms with Crippen molar-refractivity contribution in [2.75, 3.05) is 5.75 Å². The summed E-state index contributed by atoms with van der Waals surface area (Å²) in [5.41, 5.74) is 0. The molecule has 0 aromatic carbocycles. The van der Waals surface area contributed by atoms with Crippen molar-refractivity contribution >= 4 is 10.1 Å². The molecule has 0 amide bonds. The molecule has 0 saturated heterocycles. The van der Waals surface area contributed by atoms with E-state index in [4.69, 9.17) is 4.55 Å². The van der Waals surface area contributed by atoms with Crippen LogP contribution in [0.25, 0.3) is 0 Å². The number of hydrogen-bond acceptors (Lipinski definition) is 2. The van der Waals surface area contributed by atoms with Gasteiger partial charge in [-0.3, -0.25) is 4.55 Å². The van der Waals surface area contributed by atoms with Crippen LogP contribution < -0.4 is 0 Å². The van der Waals surface area contributed by atoms with Crippen LogP contribution in [0.1, 0.15) is 0 Å². The maximum atomic E-state index is 12.9. The van der Waals surface area contributed by atoms with Crippen LogP contribution in [0.3, 0.4) is 0 Å². The van der Waals surface area contributed by atoms with Gasteiger partial charge in [0.05, 0.1) is 0 Å². The monoisotopic (exact) mass is 396 g/mol. The molecule has 0 spiro atoms. The zero-order valence-electron chi connectivity index (χ0n) is 9.99. The summed E-state index contributed by atoms with van der Waals surface area (Å²) < 4.78 is 178. The molecular weight excluding hydrogens is 392 g/mol. The zero-order chi connectivity index (χ0) is 19.3. The molecule has 0 heterocycles. The quantitative estimate of drug-likeness (QED) is 0.531. The Morgan fingerprint density at radius 2 is 1.09 bits per heavy atom. The molecule has 140 valence electrons. The largest absolute Gasteiger partial charge is 0.384 e. The van der Waals surface area contributed by atoms with Crippen LogP contribution >= 0.6 is 0 Å². The summed E-state index contributed by atoms with van der Waals surface area (Å²) in [6.45, 7) is 0. The van der Waals surface area contributed by atoms with Crippen molar-refractivity contribution < 1.29 is 65.7 Å². The molecule has 0 atom stereocenters. The molecule has 1 N–H and O–H groups in total. The zero-order valence-corrected chi connectivity index (χ0v) is 10.8. The first-order valence-electron chi connectivity index (χ1n) is 4.77. The van der Waals surface area contributed by atoms with E-state index in [1.807, 2.05) is 0 Å². The standard InChI is InChI=1S/C7H4F12O3S/c8-2(9)4(12,13)6(16,17)7(18,19)5(14,15)3(10,11)1-23(20,21)22/h2H,1H2,(H,20,21,22). The van der Waals surface area contributed by atoms with E-state index in [2.05, 4.69) is 0 Å². The highest BCUT2D eigenvalue weighted by Gasteiger charge is 2.87. The summed E-state index contributed by atoms with van der Waals surface area (Å²) in [5.74, 6) is -40.5. The third-order valence-corrected chi connectivity index (χ3v) is 3.03. The maximum Gasteiger partial charge on any atom is 0.384 e. The van der Waals surface area contributed by atoms with Crippen LogP contribution in [-0.4, -0.2) is 54.8 Å². The lowest BCUT2D eigenvalue weighted by molar-refractivity contribution is -0.410. The van der Waals surface area contributed by atoms with Gasteiger partial charge in [0.1, 0.15) is 5.75 Å². The van der Waals surface area contributed by atoms with Gasteiger partial charge in [0, 0.05) is 0 Å². The molecule has 0 aliphatic heterocycles. The predicted octanol–water partition coefficient (Wildman–Crippen LogP) is 3.32. The average molecular weight is 396 g/mol. The van der Waals surface area contributed by atoms with Gasteiger partial charge in [-0.05, 0) is 0 Å². The van der Waals surface area contributed by atoms with Crippen molar-refractivity contribution in [2.45, 2.75) is 36.0 Å². The first kappa shape index (κ1) is 22.1. The fourth-order valence-electron chi connectivity index (χ4n) is 1.09. The van der Waals surface area contributed by atoms with Crippen LogP contribution in [0.15, 0.2) is 0 Å². The van der Waals surface area contributed by atoms with Gasteiger partial charge in [-0.2, -0.15) is 52.3 Å². The molecule has 0 fully saturated rings. The second kappa shape index (κ2) is 5.56. The smallest absolute Gasteiger partial charge is 0.285 e. The van der Waals surface area contributed by atoms with Crippen molar-refractivity contribution in [2.24, 2.45) is 0 Å². The highest BCUT2D eigenvalue weighted by Crippen LogP contribution is 2.58. The lowest BCUT2D eigenvalue weighted by atomic mass is 9.95. The minimum absolute atomic E-state index is 3.56. The first-order chi connectivity index (χ1) is 9.65. The second-order valence-corrected chi connectivity index (χ2v) is 5.53. The molecule has 0 rings (SSSR count). The van der Waals surface area contributed by atoms with Gasteiger partial charge in [0.2, 0.25) is 0 Å². The highest BCUT2D eigenvalue weighted by molar-refractivity contribution is 7.85. The average Bonchev–Trinajstić information content (AvgIpc) is 2.24. The Balaban J connectivity index is 6.17. The van der Waals surface area contributed by atoms with E-state index in [1.54, 1.807) is 0 Å². The summed E-state index contributed by atoms with van der Waals surface area (Å²) in [6.07, 6.45) is -5.64. The summed E-state index contributed by atoms with van der Waals surface area (Å²) >= 11 is 0. The van der Waals surface area contributed by atoms with E-state index < -0.39 is 51.9 Å². The maximum absolute atomic E-state index is 12.9. The molecular formula is C7H4F12O3S. The van der Waals surface area contributed by atoms with Gasteiger partial charge in [-0.1, -0.05) is 0 Å². The van der Waals surface area contributed by atoms with E-state index in [0.717, 1.165) is 0 Å². The Morgan fingerprint density at radius 3 is 1.35 bits per heavy atom. The van der Waals surface area contributed by atoms with Crippen LogP contribution in [0.4, 0.5) is 52.7 Å². The summed E-state index contributed by atoms with van der Waals surface area (Å²) in [4.78, 5) is 0. The molecule has 0 aliphatic rings. The second-order valence-electron chi connectivity index (χ2n) is 4.08. The Morgan fingerprint density at radius 1 is 0.739 bits per heavy atom. The highest BCUT2D eigenvalue weighted by atomic mass is 32.2. The number of rotatable bonds is 7. The van der Waals surface area contributed by atoms with Crippen molar-refractivity contribution in [3.63, 3.8) is 0 Å². The summed E-state index contributed by atoms with van der Waals surface area (Å²) in [6, 6.07) is 0. The van der Waals surface area contributed by atoms with E-state index in [9.17, 15) is 61.1 Å². The summed E-state index contributed by atoms with van der Waals surface area (Å²) in [5, 5.41) is 0. The molecule has 16 heteroatoms. The van der Waals surface area contributed by atoms with Gasteiger partial charge in [0.25, 0.3) is 10.1 Å². The van der Waals surface area contributed by atoms with E-state index in [0.29, 0.717) is 0 Å².